The maximum atomic E-state index is 12.9. The van der Waals surface area contributed by atoms with Crippen molar-refractivity contribution in [3.8, 4) is 0 Å². The van der Waals surface area contributed by atoms with Crippen LogP contribution >= 0.6 is 11.6 Å². The number of esters is 1. The summed E-state index contributed by atoms with van der Waals surface area (Å²) in [6.45, 7) is 16.7. The molecule has 4 saturated carbocycles. The van der Waals surface area contributed by atoms with Crippen molar-refractivity contribution in [3.63, 3.8) is 0 Å². The van der Waals surface area contributed by atoms with E-state index in [1.165, 1.54) is 31.2 Å². The fourth-order valence-electron chi connectivity index (χ4n) is 12.5. The summed E-state index contributed by atoms with van der Waals surface area (Å²) in [5, 5.41) is 25.9. The van der Waals surface area contributed by atoms with Crippen LogP contribution in [0.2, 0.25) is 5.02 Å². The molecule has 7 heteroatoms. The number of halogens is 1. The zero-order valence-electron chi connectivity index (χ0n) is 31.1. The minimum Gasteiger partial charge on any atom is -0.481 e. The first-order chi connectivity index (χ1) is 23.0. The van der Waals surface area contributed by atoms with Crippen molar-refractivity contribution in [1.29, 1.82) is 0 Å². The van der Waals surface area contributed by atoms with E-state index in [1.807, 2.05) is 12.1 Å². The van der Waals surface area contributed by atoms with Gasteiger partial charge in [0.25, 0.3) is 0 Å². The summed E-state index contributed by atoms with van der Waals surface area (Å²) >= 11 is 6.10. The van der Waals surface area contributed by atoms with Gasteiger partial charge in [-0.1, -0.05) is 69.5 Å². The van der Waals surface area contributed by atoms with Crippen molar-refractivity contribution in [2.75, 3.05) is 6.54 Å². The smallest absolute Gasteiger partial charge is 0.309 e. The lowest BCUT2D eigenvalue weighted by molar-refractivity contribution is -0.193. The van der Waals surface area contributed by atoms with Gasteiger partial charge in [0.1, 0.15) is 6.10 Å². The summed E-state index contributed by atoms with van der Waals surface area (Å²) in [5.41, 5.74) is 3.68. The molecule has 3 N–H and O–H groups in total. The molecule has 6 nitrogen and oxygen atoms in total. The summed E-state index contributed by atoms with van der Waals surface area (Å²) in [7, 11) is 0. The van der Waals surface area contributed by atoms with Crippen LogP contribution in [-0.4, -0.2) is 40.9 Å². The van der Waals surface area contributed by atoms with E-state index in [2.05, 4.69) is 52.1 Å². The van der Waals surface area contributed by atoms with E-state index < -0.39 is 17.5 Å². The molecule has 5 aliphatic rings. The average molecular weight is 696 g/mol. The Morgan fingerprint density at radius 3 is 2.31 bits per heavy atom. The molecule has 0 spiro atoms. The topological polar surface area (TPSA) is 95.9 Å². The van der Waals surface area contributed by atoms with Gasteiger partial charge in [0.2, 0.25) is 0 Å². The molecule has 0 heterocycles. The Bertz CT molecular complexity index is 1440. The third kappa shape index (κ3) is 6.43. The van der Waals surface area contributed by atoms with Gasteiger partial charge in [-0.05, 0) is 142 Å². The van der Waals surface area contributed by atoms with E-state index in [4.69, 9.17) is 16.3 Å². The van der Waals surface area contributed by atoms with Crippen molar-refractivity contribution in [1.82, 2.24) is 5.32 Å². The minimum atomic E-state index is -1.12. The number of benzene rings is 1. The number of carboxylic acid groups (broad SMARTS) is 1. The maximum Gasteiger partial charge on any atom is 0.309 e. The third-order valence-corrected chi connectivity index (χ3v) is 15.3. The van der Waals surface area contributed by atoms with Crippen LogP contribution in [0.25, 0.3) is 0 Å². The number of ether oxygens (including phenoxy) is 1. The number of carboxylic acids is 1. The Hall–Kier alpha value is -1.89. The molecular formula is C42H62ClNO5. The molecule has 6 rings (SSSR count). The molecule has 0 bridgehead atoms. The van der Waals surface area contributed by atoms with Gasteiger partial charge >= 0.3 is 11.9 Å². The molecule has 0 saturated heterocycles. The average Bonchev–Trinajstić information content (AvgIpc) is 3.45. The summed E-state index contributed by atoms with van der Waals surface area (Å²) in [4.78, 5) is 24.6. The van der Waals surface area contributed by atoms with E-state index in [-0.39, 0.29) is 40.7 Å². The van der Waals surface area contributed by atoms with Crippen molar-refractivity contribution in [2.45, 2.75) is 138 Å². The second-order valence-electron chi connectivity index (χ2n) is 18.4. The summed E-state index contributed by atoms with van der Waals surface area (Å²) in [6, 6.07) is 7.97. The monoisotopic (exact) mass is 695 g/mol. The van der Waals surface area contributed by atoms with Gasteiger partial charge in [-0.3, -0.25) is 9.59 Å². The van der Waals surface area contributed by atoms with Gasteiger partial charge in [0.05, 0.1) is 17.9 Å². The molecule has 10 atom stereocenters. The number of hydrogen-bond donors (Lipinski definition) is 3. The molecule has 0 radical (unpaired) electrons. The molecule has 272 valence electrons. The van der Waals surface area contributed by atoms with E-state index in [1.54, 1.807) is 25.0 Å². The largest absolute Gasteiger partial charge is 0.481 e. The predicted molar refractivity (Wildman–Crippen MR) is 195 cm³/mol. The number of allylic oxidation sites excluding steroid dienone is 1. The lowest BCUT2D eigenvalue weighted by atomic mass is 9.38. The number of carbonyl (C=O) groups is 2. The first-order valence-corrected chi connectivity index (χ1v) is 19.7. The SMILES string of the molecule is CC(C)C1=C2C3CCC4C(C)(CCC5C(C)C(OC(=O)CC(C)(C)C(=O)O)CCC54C)C3CCC2(C(O)CNCc2ccc(Cl)cc2)CC1. The Morgan fingerprint density at radius 1 is 0.980 bits per heavy atom. The van der Waals surface area contributed by atoms with Gasteiger partial charge < -0.3 is 20.3 Å². The number of rotatable bonds is 10. The fraction of sp³-hybridized carbons (Fsp3) is 0.762. The molecule has 10 unspecified atom stereocenters. The highest BCUT2D eigenvalue weighted by Crippen LogP contribution is 2.72. The molecule has 0 aromatic heterocycles. The van der Waals surface area contributed by atoms with Crippen LogP contribution in [0.3, 0.4) is 0 Å². The van der Waals surface area contributed by atoms with Crippen LogP contribution in [0.5, 0.6) is 0 Å². The van der Waals surface area contributed by atoms with Gasteiger partial charge in [-0.2, -0.15) is 0 Å². The Kier molecular flexibility index (Phi) is 10.2. The lowest BCUT2D eigenvalue weighted by Crippen LogP contribution is -2.61. The quantitative estimate of drug-likeness (QED) is 0.167. The van der Waals surface area contributed by atoms with Crippen LogP contribution in [-0.2, 0) is 20.9 Å². The fourth-order valence-corrected chi connectivity index (χ4v) is 12.6. The Balaban J connectivity index is 1.18. The van der Waals surface area contributed by atoms with E-state index in [0.29, 0.717) is 36.1 Å². The van der Waals surface area contributed by atoms with Gasteiger partial charge in [0, 0.05) is 23.5 Å². The normalized spacial score (nSPS) is 37.9. The van der Waals surface area contributed by atoms with Crippen LogP contribution in [0, 0.1) is 57.2 Å². The zero-order chi connectivity index (χ0) is 35.5. The second-order valence-corrected chi connectivity index (χ2v) is 18.8. The molecule has 1 aromatic rings. The molecular weight excluding hydrogens is 634 g/mol. The standard InChI is InChI=1S/C42H62ClNO5/c1-25(2)29-14-20-42(35(45)24-44-23-27-8-10-28(43)11-9-27)21-16-32-30(37(29)42)12-13-34-40(6)19-17-33(26(3)31(40)15-18-41(32,34)7)49-36(46)22-39(4,5)38(47)48/h8-11,25-26,30-35,44-45H,12-24H2,1-7H3,(H,47,48). The number of fused-ring (bicyclic) bond motifs is 7. The lowest BCUT2D eigenvalue weighted by Gasteiger charge is -2.67. The van der Waals surface area contributed by atoms with E-state index >= 15 is 0 Å². The Labute approximate surface area is 300 Å². The van der Waals surface area contributed by atoms with Gasteiger partial charge in [-0.25, -0.2) is 0 Å². The molecule has 0 amide bonds. The van der Waals surface area contributed by atoms with Crippen molar-refractivity contribution in [3.05, 3.63) is 46.0 Å². The van der Waals surface area contributed by atoms with Crippen LogP contribution in [0.15, 0.2) is 35.4 Å². The summed E-state index contributed by atoms with van der Waals surface area (Å²) < 4.78 is 6.06. The number of aliphatic carboxylic acids is 1. The second kappa shape index (κ2) is 13.6. The predicted octanol–water partition coefficient (Wildman–Crippen LogP) is 9.22. The highest BCUT2D eigenvalue weighted by Gasteiger charge is 2.65. The minimum absolute atomic E-state index is 0.0972. The van der Waals surface area contributed by atoms with Gasteiger partial charge in [-0.15, -0.1) is 0 Å². The number of aliphatic hydroxyl groups is 1. The summed E-state index contributed by atoms with van der Waals surface area (Å²) in [6.07, 6.45) is 10.5. The number of aliphatic hydroxyl groups excluding tert-OH is 1. The molecule has 49 heavy (non-hydrogen) atoms. The Morgan fingerprint density at radius 2 is 1.63 bits per heavy atom. The van der Waals surface area contributed by atoms with Crippen molar-refractivity contribution < 1.29 is 24.5 Å². The first kappa shape index (κ1) is 36.9. The molecule has 4 fully saturated rings. The van der Waals surface area contributed by atoms with Crippen molar-refractivity contribution in [2.24, 2.45) is 57.2 Å². The van der Waals surface area contributed by atoms with Gasteiger partial charge in [0.15, 0.2) is 0 Å². The highest BCUT2D eigenvalue weighted by atomic mass is 35.5. The number of carbonyl (C=O) groups excluding carboxylic acids is 1. The summed E-state index contributed by atoms with van der Waals surface area (Å²) in [5.74, 6) is 1.73. The maximum absolute atomic E-state index is 12.9. The molecule has 0 aliphatic heterocycles. The third-order valence-electron chi connectivity index (χ3n) is 15.1. The zero-order valence-corrected chi connectivity index (χ0v) is 31.9. The number of hydrogen-bond acceptors (Lipinski definition) is 5. The number of nitrogens with one attached hydrogen (secondary N) is 1. The first-order valence-electron chi connectivity index (χ1n) is 19.3. The molecule has 5 aliphatic carbocycles. The molecule has 1 aromatic carbocycles. The van der Waals surface area contributed by atoms with Crippen molar-refractivity contribution >= 4 is 23.5 Å². The van der Waals surface area contributed by atoms with Crippen LogP contribution in [0.4, 0.5) is 0 Å². The van der Waals surface area contributed by atoms with Crippen LogP contribution in [0.1, 0.15) is 125 Å². The van der Waals surface area contributed by atoms with E-state index in [0.717, 1.165) is 50.1 Å². The highest BCUT2D eigenvalue weighted by molar-refractivity contribution is 6.30. The van der Waals surface area contributed by atoms with E-state index in [9.17, 15) is 19.8 Å². The van der Waals surface area contributed by atoms with Crippen LogP contribution < -0.4 is 5.32 Å².